The van der Waals surface area contributed by atoms with Gasteiger partial charge >= 0.3 is 6.09 Å². The number of nitrogens with zero attached hydrogens (tertiary/aromatic N) is 2. The number of ether oxygens (including phenoxy) is 1. The lowest BCUT2D eigenvalue weighted by Gasteiger charge is -2.36. The van der Waals surface area contributed by atoms with Gasteiger partial charge in [0.2, 0.25) is 0 Å². The number of carbonyl (C=O) groups is 1. The normalized spacial score (nSPS) is 15.6. The molecule has 0 N–H and O–H groups in total. The van der Waals surface area contributed by atoms with Crippen molar-refractivity contribution < 1.29 is 13.9 Å². The van der Waals surface area contributed by atoms with Crippen molar-refractivity contribution in [2.45, 2.75) is 26.4 Å². The van der Waals surface area contributed by atoms with Gasteiger partial charge in [-0.3, -0.25) is 0 Å². The highest BCUT2D eigenvalue weighted by Gasteiger charge is 2.26. The van der Waals surface area contributed by atoms with Crippen LogP contribution in [0.4, 0.5) is 14.9 Å². The lowest BCUT2D eigenvalue weighted by molar-refractivity contribution is 0.0240. The first-order chi connectivity index (χ1) is 10.3. The maximum atomic E-state index is 13.5. The van der Waals surface area contributed by atoms with Crippen molar-refractivity contribution in [2.24, 2.45) is 0 Å². The van der Waals surface area contributed by atoms with Crippen LogP contribution >= 0.6 is 0 Å². The summed E-state index contributed by atoms with van der Waals surface area (Å²) in [5.74, 6) is -0.272. The van der Waals surface area contributed by atoms with Crippen LogP contribution in [-0.4, -0.2) is 42.8 Å². The second kappa shape index (κ2) is 6.38. The van der Waals surface area contributed by atoms with Gasteiger partial charge in [-0.25, -0.2) is 9.18 Å². The summed E-state index contributed by atoms with van der Waals surface area (Å²) in [5.41, 5.74) is 0.955. The van der Waals surface area contributed by atoms with Crippen LogP contribution in [-0.2, 0) is 4.74 Å². The van der Waals surface area contributed by atoms with Crippen molar-refractivity contribution in [1.82, 2.24) is 4.90 Å². The van der Waals surface area contributed by atoms with Crippen LogP contribution in [0, 0.1) is 5.82 Å². The molecule has 0 atom stereocenters. The van der Waals surface area contributed by atoms with Crippen molar-refractivity contribution in [2.75, 3.05) is 31.1 Å². The number of rotatable bonds is 2. The topological polar surface area (TPSA) is 32.8 Å². The summed E-state index contributed by atoms with van der Waals surface area (Å²) in [6.45, 7) is 11.8. The summed E-state index contributed by atoms with van der Waals surface area (Å²) in [6.07, 6.45) is 1.23. The SMILES string of the molecule is C=Cc1cc(N2CCN(C(=O)OC(C)(C)C)CC2)ccc1F. The van der Waals surface area contributed by atoms with E-state index in [1.54, 1.807) is 17.0 Å². The third-order valence-electron chi connectivity index (χ3n) is 3.50. The maximum absolute atomic E-state index is 13.5. The molecule has 1 amide bonds. The molecule has 1 aromatic carbocycles. The molecule has 0 aliphatic carbocycles. The molecule has 4 nitrogen and oxygen atoms in total. The van der Waals surface area contributed by atoms with Crippen molar-refractivity contribution in [3.63, 3.8) is 0 Å². The summed E-state index contributed by atoms with van der Waals surface area (Å²) < 4.78 is 18.9. The Morgan fingerprint density at radius 3 is 2.45 bits per heavy atom. The molecule has 5 heteroatoms. The molecule has 1 aromatic rings. The van der Waals surface area contributed by atoms with E-state index in [1.165, 1.54) is 12.1 Å². The van der Waals surface area contributed by atoms with Crippen LogP contribution in [0.5, 0.6) is 0 Å². The summed E-state index contributed by atoms with van der Waals surface area (Å²) in [7, 11) is 0. The second-order valence-electron chi connectivity index (χ2n) is 6.36. The van der Waals surface area contributed by atoms with Crippen molar-refractivity contribution in [3.05, 3.63) is 36.2 Å². The van der Waals surface area contributed by atoms with Gasteiger partial charge < -0.3 is 14.5 Å². The number of amides is 1. The van der Waals surface area contributed by atoms with Crippen molar-refractivity contribution >= 4 is 17.9 Å². The highest BCUT2D eigenvalue weighted by atomic mass is 19.1. The third kappa shape index (κ3) is 4.00. The molecular formula is C17H23FN2O2. The number of benzene rings is 1. The van der Waals surface area contributed by atoms with Gasteiger partial charge in [0.05, 0.1) is 0 Å². The molecule has 2 rings (SSSR count). The van der Waals surface area contributed by atoms with E-state index in [-0.39, 0.29) is 11.9 Å². The molecule has 0 saturated carbocycles. The average molecular weight is 306 g/mol. The van der Waals surface area contributed by atoms with Crippen molar-refractivity contribution in [1.29, 1.82) is 0 Å². The lowest BCUT2D eigenvalue weighted by atomic mass is 10.1. The molecule has 1 heterocycles. The van der Waals surface area contributed by atoms with E-state index in [4.69, 9.17) is 4.74 Å². The minimum Gasteiger partial charge on any atom is -0.444 e. The number of carbonyl (C=O) groups excluding carboxylic acids is 1. The molecule has 0 bridgehead atoms. The van der Waals surface area contributed by atoms with Gasteiger partial charge in [-0.2, -0.15) is 0 Å². The fraction of sp³-hybridized carbons (Fsp3) is 0.471. The molecule has 1 aliphatic heterocycles. The van der Waals surface area contributed by atoms with E-state index in [9.17, 15) is 9.18 Å². The molecule has 120 valence electrons. The van der Waals surface area contributed by atoms with E-state index >= 15 is 0 Å². The van der Waals surface area contributed by atoms with E-state index in [1.807, 2.05) is 20.8 Å². The monoisotopic (exact) mass is 306 g/mol. The Kier molecular flexibility index (Phi) is 4.74. The van der Waals surface area contributed by atoms with Gasteiger partial charge in [-0.1, -0.05) is 12.7 Å². The van der Waals surface area contributed by atoms with Crippen LogP contribution in [0.15, 0.2) is 24.8 Å². The first kappa shape index (κ1) is 16.3. The van der Waals surface area contributed by atoms with Gasteiger partial charge in [-0.05, 0) is 39.0 Å². The standard InChI is InChI=1S/C17H23FN2O2/c1-5-13-12-14(6-7-15(13)18)19-8-10-20(11-9-19)16(21)22-17(2,3)4/h5-7,12H,1,8-11H2,2-4H3. The Balaban J connectivity index is 1.97. The summed E-state index contributed by atoms with van der Waals surface area (Å²) >= 11 is 0. The quantitative estimate of drug-likeness (QED) is 0.838. The van der Waals surface area contributed by atoms with E-state index < -0.39 is 5.60 Å². The van der Waals surface area contributed by atoms with E-state index in [0.29, 0.717) is 31.7 Å². The Morgan fingerprint density at radius 1 is 1.27 bits per heavy atom. The highest BCUT2D eigenvalue weighted by molar-refractivity contribution is 5.68. The Labute approximate surface area is 131 Å². The number of piperazine rings is 1. The van der Waals surface area contributed by atoms with Crippen LogP contribution < -0.4 is 4.90 Å². The zero-order chi connectivity index (χ0) is 16.3. The summed E-state index contributed by atoms with van der Waals surface area (Å²) in [5, 5.41) is 0. The zero-order valence-corrected chi connectivity index (χ0v) is 13.4. The van der Waals surface area contributed by atoms with Gasteiger partial charge in [-0.15, -0.1) is 0 Å². The highest BCUT2D eigenvalue weighted by Crippen LogP contribution is 2.21. The van der Waals surface area contributed by atoms with Gasteiger partial charge in [0, 0.05) is 37.4 Å². The molecular weight excluding hydrogens is 283 g/mol. The molecule has 1 fully saturated rings. The van der Waals surface area contributed by atoms with Crippen LogP contribution in [0.25, 0.3) is 6.08 Å². The first-order valence-electron chi connectivity index (χ1n) is 7.45. The first-order valence-corrected chi connectivity index (χ1v) is 7.45. The van der Waals surface area contributed by atoms with Gasteiger partial charge in [0.15, 0.2) is 0 Å². The molecule has 0 aromatic heterocycles. The van der Waals surface area contributed by atoms with Crippen LogP contribution in [0.2, 0.25) is 0 Å². The molecule has 22 heavy (non-hydrogen) atoms. The Hall–Kier alpha value is -2.04. The predicted molar refractivity (Wildman–Crippen MR) is 86.5 cm³/mol. The van der Waals surface area contributed by atoms with Gasteiger partial charge in [0.1, 0.15) is 11.4 Å². The smallest absolute Gasteiger partial charge is 0.410 e. The Bertz CT molecular complexity index is 558. The molecule has 1 aliphatic rings. The average Bonchev–Trinajstić information content (AvgIpc) is 2.46. The molecule has 0 unspecified atom stereocenters. The number of hydrogen-bond donors (Lipinski definition) is 0. The molecule has 0 spiro atoms. The Morgan fingerprint density at radius 2 is 1.91 bits per heavy atom. The molecule has 1 saturated heterocycles. The zero-order valence-electron chi connectivity index (χ0n) is 13.4. The lowest BCUT2D eigenvalue weighted by Crippen LogP contribution is -2.50. The fourth-order valence-electron chi connectivity index (χ4n) is 2.36. The fourth-order valence-corrected chi connectivity index (χ4v) is 2.36. The minimum absolute atomic E-state index is 0.272. The predicted octanol–water partition coefficient (Wildman–Crippen LogP) is 3.53. The second-order valence-corrected chi connectivity index (χ2v) is 6.36. The summed E-state index contributed by atoms with van der Waals surface area (Å²) in [4.78, 5) is 15.9. The number of halogens is 1. The third-order valence-corrected chi connectivity index (χ3v) is 3.50. The number of anilines is 1. The minimum atomic E-state index is -0.482. The van der Waals surface area contributed by atoms with Crippen LogP contribution in [0.3, 0.4) is 0 Å². The summed E-state index contributed by atoms with van der Waals surface area (Å²) in [6, 6.07) is 4.99. The largest absolute Gasteiger partial charge is 0.444 e. The van der Waals surface area contributed by atoms with Crippen molar-refractivity contribution in [3.8, 4) is 0 Å². The van der Waals surface area contributed by atoms with Crippen LogP contribution in [0.1, 0.15) is 26.3 Å². The maximum Gasteiger partial charge on any atom is 0.410 e. The molecule has 0 radical (unpaired) electrons. The van der Waals surface area contributed by atoms with E-state index in [2.05, 4.69) is 11.5 Å². The van der Waals surface area contributed by atoms with Gasteiger partial charge in [0.25, 0.3) is 0 Å². The number of hydrogen-bond acceptors (Lipinski definition) is 3. The van der Waals surface area contributed by atoms with E-state index in [0.717, 1.165) is 5.69 Å².